The van der Waals surface area contributed by atoms with E-state index < -0.39 is 9.66 Å². The van der Waals surface area contributed by atoms with Crippen LogP contribution < -0.4 is 0 Å². The number of rotatable bonds is 5. The maximum Gasteiger partial charge on any atom is 0.196 e. The molecule has 0 fully saturated rings. The van der Waals surface area contributed by atoms with Crippen LogP contribution >= 0.6 is 22.6 Å². The third kappa shape index (κ3) is 5.67. The molecule has 25 heavy (non-hydrogen) atoms. The second-order valence-corrected chi connectivity index (χ2v) is 6.80. The summed E-state index contributed by atoms with van der Waals surface area (Å²) < 4.78 is 26.0. The lowest BCUT2D eigenvalue weighted by Gasteiger charge is -2.05. The van der Waals surface area contributed by atoms with Crippen LogP contribution in [0.5, 0.6) is 0 Å². The molecular weight excluding hydrogens is 429 g/mol. The molecule has 0 bridgehead atoms. The van der Waals surface area contributed by atoms with Crippen molar-refractivity contribution in [1.29, 1.82) is 0 Å². The van der Waals surface area contributed by atoms with E-state index in [4.69, 9.17) is 0 Å². The third-order valence-corrected chi connectivity index (χ3v) is 4.49. The molecule has 0 unspecified atom stereocenters. The SMILES string of the molecule is CCCCc1ccc(C#Cc2ccc(/C(F)=C(\F)I)cc2CC)cc1. The topological polar surface area (TPSA) is 0 Å². The highest BCUT2D eigenvalue weighted by Gasteiger charge is 2.08. The summed E-state index contributed by atoms with van der Waals surface area (Å²) in [6.07, 6.45) is 4.19. The molecule has 0 aromatic heterocycles. The predicted octanol–water partition coefficient (Wildman–Crippen LogP) is 6.99. The molecule has 0 saturated heterocycles. The van der Waals surface area contributed by atoms with Gasteiger partial charge in [-0.25, -0.2) is 4.39 Å². The van der Waals surface area contributed by atoms with Crippen molar-refractivity contribution in [3.05, 3.63) is 74.1 Å². The van der Waals surface area contributed by atoms with Crippen molar-refractivity contribution in [2.24, 2.45) is 0 Å². The van der Waals surface area contributed by atoms with E-state index in [9.17, 15) is 8.78 Å². The normalized spacial score (nSPS) is 11.6. The Morgan fingerprint density at radius 2 is 1.72 bits per heavy atom. The Morgan fingerprint density at radius 1 is 1.00 bits per heavy atom. The van der Waals surface area contributed by atoms with E-state index in [2.05, 4.69) is 30.9 Å². The zero-order chi connectivity index (χ0) is 18.2. The first-order valence-corrected chi connectivity index (χ1v) is 9.58. The molecule has 0 aliphatic rings. The zero-order valence-corrected chi connectivity index (χ0v) is 16.7. The Kier molecular flexibility index (Phi) is 7.64. The van der Waals surface area contributed by atoms with E-state index in [0.717, 1.165) is 23.1 Å². The minimum absolute atomic E-state index is 0.259. The lowest BCUT2D eigenvalue weighted by molar-refractivity contribution is 0.663. The van der Waals surface area contributed by atoms with Crippen molar-refractivity contribution < 1.29 is 8.78 Å². The van der Waals surface area contributed by atoms with E-state index in [1.807, 2.05) is 19.1 Å². The van der Waals surface area contributed by atoms with Crippen LogP contribution in [-0.2, 0) is 12.8 Å². The fourth-order valence-corrected chi connectivity index (χ4v) is 2.84. The van der Waals surface area contributed by atoms with Crippen molar-refractivity contribution in [3.63, 3.8) is 0 Å². The standard InChI is InChI=1S/C22H21F2I/c1-3-5-6-16-7-9-17(10-8-16)11-12-19-13-14-20(15-18(19)4-2)21(23)22(24)25/h7-10,13-15H,3-6H2,1-2H3/b22-21-. The fourth-order valence-electron chi connectivity index (χ4n) is 2.53. The molecule has 0 amide bonds. The van der Waals surface area contributed by atoms with Crippen molar-refractivity contribution in [2.75, 3.05) is 0 Å². The predicted molar refractivity (Wildman–Crippen MR) is 110 cm³/mol. The molecule has 0 N–H and O–H groups in total. The van der Waals surface area contributed by atoms with Gasteiger partial charge < -0.3 is 0 Å². The molecule has 0 radical (unpaired) electrons. The van der Waals surface area contributed by atoms with Gasteiger partial charge in [0, 0.05) is 16.7 Å². The Bertz CT molecular complexity index is 804. The van der Waals surface area contributed by atoms with Crippen LogP contribution in [-0.4, -0.2) is 0 Å². The average Bonchev–Trinajstić information content (AvgIpc) is 2.64. The van der Waals surface area contributed by atoms with Gasteiger partial charge in [-0.3, -0.25) is 0 Å². The molecular formula is C22H21F2I. The molecule has 0 aliphatic carbocycles. The van der Waals surface area contributed by atoms with Crippen LogP contribution in [0.15, 0.2) is 46.3 Å². The summed E-state index contributed by atoms with van der Waals surface area (Å²) in [5, 5.41) is 0. The van der Waals surface area contributed by atoms with Gasteiger partial charge in [0.25, 0.3) is 0 Å². The van der Waals surface area contributed by atoms with Gasteiger partial charge >= 0.3 is 0 Å². The second-order valence-electron chi connectivity index (χ2n) is 5.85. The summed E-state index contributed by atoms with van der Waals surface area (Å²) in [7, 11) is 0. The van der Waals surface area contributed by atoms with Gasteiger partial charge in [0.05, 0.1) is 0 Å². The Balaban J connectivity index is 2.23. The van der Waals surface area contributed by atoms with Crippen LogP contribution in [0.2, 0.25) is 0 Å². The quantitative estimate of drug-likeness (QED) is 0.340. The molecule has 2 aromatic carbocycles. The average molecular weight is 450 g/mol. The van der Waals surface area contributed by atoms with Gasteiger partial charge in [0.1, 0.15) is 0 Å². The summed E-state index contributed by atoms with van der Waals surface area (Å²) in [4.78, 5) is 0. The minimum Gasteiger partial charge on any atom is -0.203 e. The highest BCUT2D eigenvalue weighted by atomic mass is 127. The van der Waals surface area contributed by atoms with Gasteiger partial charge in [-0.05, 0) is 77.2 Å². The highest BCUT2D eigenvalue weighted by molar-refractivity contribution is 14.1. The molecule has 3 heteroatoms. The minimum atomic E-state index is -0.832. The maximum atomic E-state index is 13.7. The first kappa shape index (κ1) is 19.7. The number of hydrogen-bond acceptors (Lipinski definition) is 0. The Morgan fingerprint density at radius 3 is 2.32 bits per heavy atom. The van der Waals surface area contributed by atoms with Crippen molar-refractivity contribution >= 4 is 28.4 Å². The second kappa shape index (κ2) is 9.72. The van der Waals surface area contributed by atoms with E-state index in [1.165, 1.54) is 41.0 Å². The number of unbranched alkanes of at least 4 members (excludes halogenated alkanes) is 1. The number of hydrogen-bond donors (Lipinski definition) is 0. The van der Waals surface area contributed by atoms with Gasteiger partial charge in [-0.1, -0.05) is 50.3 Å². The first-order chi connectivity index (χ1) is 12.0. The monoisotopic (exact) mass is 450 g/mol. The highest BCUT2D eigenvalue weighted by Crippen LogP contribution is 2.27. The fraction of sp³-hybridized carbons (Fsp3) is 0.273. The lowest BCUT2D eigenvalue weighted by atomic mass is 10.0. The molecule has 2 aromatic rings. The van der Waals surface area contributed by atoms with E-state index >= 15 is 0 Å². The number of aryl methyl sites for hydroxylation is 2. The van der Waals surface area contributed by atoms with Gasteiger partial charge in [-0.15, -0.1) is 0 Å². The molecule has 0 atom stereocenters. The molecule has 0 saturated carbocycles. The van der Waals surface area contributed by atoms with Gasteiger partial charge in [0.2, 0.25) is 0 Å². The van der Waals surface area contributed by atoms with E-state index in [0.29, 0.717) is 6.42 Å². The van der Waals surface area contributed by atoms with Crippen LogP contribution in [0.1, 0.15) is 54.5 Å². The molecule has 0 nitrogen and oxygen atoms in total. The molecule has 2 rings (SSSR count). The summed E-state index contributed by atoms with van der Waals surface area (Å²) >= 11 is 1.35. The summed E-state index contributed by atoms with van der Waals surface area (Å²) in [5.74, 6) is 5.49. The van der Waals surface area contributed by atoms with E-state index in [-0.39, 0.29) is 5.56 Å². The van der Waals surface area contributed by atoms with Crippen LogP contribution in [0, 0.1) is 11.8 Å². The van der Waals surface area contributed by atoms with Crippen molar-refractivity contribution in [2.45, 2.75) is 39.5 Å². The first-order valence-electron chi connectivity index (χ1n) is 8.50. The smallest absolute Gasteiger partial charge is 0.196 e. The zero-order valence-electron chi connectivity index (χ0n) is 14.5. The largest absolute Gasteiger partial charge is 0.203 e. The van der Waals surface area contributed by atoms with Gasteiger partial charge in [0.15, 0.2) is 9.66 Å². The van der Waals surface area contributed by atoms with Crippen LogP contribution in [0.3, 0.4) is 0 Å². The van der Waals surface area contributed by atoms with Crippen LogP contribution in [0.4, 0.5) is 8.78 Å². The molecule has 0 spiro atoms. The lowest BCUT2D eigenvalue weighted by Crippen LogP contribution is -1.91. The Hall–Kier alpha value is -1.67. The summed E-state index contributed by atoms with van der Waals surface area (Å²) in [5.41, 5.74) is 4.31. The van der Waals surface area contributed by atoms with Crippen molar-refractivity contribution in [1.82, 2.24) is 0 Å². The molecule has 0 aliphatic heterocycles. The van der Waals surface area contributed by atoms with Crippen molar-refractivity contribution in [3.8, 4) is 11.8 Å². The summed E-state index contributed by atoms with van der Waals surface area (Å²) in [6.45, 7) is 4.17. The Labute approximate surface area is 162 Å². The maximum absolute atomic E-state index is 13.7. The molecule has 0 heterocycles. The van der Waals surface area contributed by atoms with Gasteiger partial charge in [-0.2, -0.15) is 4.39 Å². The summed E-state index contributed by atoms with van der Waals surface area (Å²) in [6, 6.07) is 13.3. The van der Waals surface area contributed by atoms with E-state index in [1.54, 1.807) is 18.2 Å². The number of halogens is 3. The molecule has 130 valence electrons. The van der Waals surface area contributed by atoms with Crippen LogP contribution in [0.25, 0.3) is 5.83 Å². The third-order valence-electron chi connectivity index (χ3n) is 4.02. The number of benzene rings is 2.